The molecule has 0 saturated carbocycles. The molecule has 5 N–H and O–H groups in total. The number of hydrogen-bond acceptors (Lipinski definition) is 6. The van der Waals surface area contributed by atoms with Gasteiger partial charge in [0.1, 0.15) is 0 Å². The number of nitrogens with two attached hydrogens (primary N) is 1. The third-order valence-corrected chi connectivity index (χ3v) is 10.1. The molecule has 0 aromatic carbocycles. The molecule has 0 aliphatic rings. The molecule has 0 heterocycles. The maximum atomic E-state index is 12.8. The van der Waals surface area contributed by atoms with Gasteiger partial charge in [0.2, 0.25) is 5.91 Å². The molecule has 0 rings (SSSR count). The van der Waals surface area contributed by atoms with Gasteiger partial charge in [0.15, 0.2) is 0 Å². The first kappa shape index (κ1) is 54.4. The van der Waals surface area contributed by atoms with E-state index in [0.29, 0.717) is 6.42 Å². The van der Waals surface area contributed by atoms with Gasteiger partial charge in [-0.2, -0.15) is 0 Å². The molecular weight excluding hydrogens is 732 g/mol. The average molecular weight is 815 g/mol. The highest BCUT2D eigenvalue weighted by molar-refractivity contribution is 7.47. The molecule has 0 saturated heterocycles. The van der Waals surface area contributed by atoms with Crippen LogP contribution in [-0.2, 0) is 18.4 Å². The SMILES string of the molecule is CC/C=C\C/C=C\C/C=C\C/C=C\C/C=C\C/C=C\C/C=C\CCCC(=O)NC(COP(=O)(O)OCCN)C(O)/C=C/CCCCCCCCCCCCCCC. The summed E-state index contributed by atoms with van der Waals surface area (Å²) in [5, 5.41) is 13.6. The van der Waals surface area contributed by atoms with Crippen molar-refractivity contribution in [3.05, 3.63) is 97.2 Å². The number of unbranched alkanes of at least 4 members (excludes halogenated alkanes) is 14. The Labute approximate surface area is 349 Å². The fraction of sp³-hybridized carbons (Fsp3) is 0.646. The van der Waals surface area contributed by atoms with Crippen molar-refractivity contribution in [3.8, 4) is 0 Å². The summed E-state index contributed by atoms with van der Waals surface area (Å²) in [6.45, 7) is 3.96. The fourth-order valence-electron chi connectivity index (χ4n) is 5.83. The molecule has 0 bridgehead atoms. The monoisotopic (exact) mass is 815 g/mol. The molecule has 0 fully saturated rings. The maximum absolute atomic E-state index is 12.8. The second-order valence-corrected chi connectivity index (χ2v) is 16.0. The minimum atomic E-state index is -4.36. The van der Waals surface area contributed by atoms with Crippen molar-refractivity contribution in [2.75, 3.05) is 19.8 Å². The van der Waals surface area contributed by atoms with Crippen molar-refractivity contribution in [1.82, 2.24) is 5.32 Å². The molecule has 8 nitrogen and oxygen atoms in total. The Kier molecular flexibility index (Phi) is 41.1. The summed E-state index contributed by atoms with van der Waals surface area (Å²) >= 11 is 0. The van der Waals surface area contributed by atoms with Crippen molar-refractivity contribution in [2.24, 2.45) is 5.73 Å². The van der Waals surface area contributed by atoms with Gasteiger partial charge in [-0.15, -0.1) is 0 Å². The van der Waals surface area contributed by atoms with Crippen molar-refractivity contribution in [2.45, 2.75) is 180 Å². The van der Waals surface area contributed by atoms with Crippen LogP contribution in [0.2, 0.25) is 0 Å². The Balaban J connectivity index is 4.35. The third kappa shape index (κ3) is 41.4. The highest BCUT2D eigenvalue weighted by Gasteiger charge is 2.26. The van der Waals surface area contributed by atoms with Crippen LogP contribution in [0.1, 0.15) is 168 Å². The van der Waals surface area contributed by atoms with Crippen LogP contribution >= 0.6 is 7.82 Å². The summed E-state index contributed by atoms with van der Waals surface area (Å²) in [5.74, 6) is -0.256. The zero-order valence-electron chi connectivity index (χ0n) is 36.0. The number of carbonyl (C=O) groups excluding carboxylic acids is 1. The van der Waals surface area contributed by atoms with E-state index in [1.165, 1.54) is 70.6 Å². The van der Waals surface area contributed by atoms with Crippen molar-refractivity contribution < 1.29 is 28.4 Å². The zero-order valence-corrected chi connectivity index (χ0v) is 36.9. The Morgan fingerprint density at radius 3 is 1.47 bits per heavy atom. The number of carbonyl (C=O) groups is 1. The topological polar surface area (TPSA) is 131 Å². The lowest BCUT2D eigenvalue weighted by molar-refractivity contribution is -0.122. The summed E-state index contributed by atoms with van der Waals surface area (Å²) in [6, 6.07) is -0.897. The molecule has 1 amide bonds. The van der Waals surface area contributed by atoms with Gasteiger partial charge in [0, 0.05) is 13.0 Å². The van der Waals surface area contributed by atoms with Gasteiger partial charge >= 0.3 is 7.82 Å². The van der Waals surface area contributed by atoms with Crippen LogP contribution in [0.15, 0.2) is 97.2 Å². The number of aliphatic hydroxyl groups is 1. The summed E-state index contributed by atoms with van der Waals surface area (Å²) < 4.78 is 22.1. The number of aliphatic hydroxyl groups excluding tert-OH is 1. The molecule has 0 aliphatic carbocycles. The zero-order chi connectivity index (χ0) is 41.8. The standard InChI is InChI=1S/C48H83N2O6P/c1-3-5-7-9-11-13-15-17-19-20-21-22-23-24-25-26-28-30-32-34-36-38-40-42-48(52)50-46(45-56-57(53,54)55-44-43-49)47(51)41-39-37-35-33-31-29-27-18-16-14-12-10-8-6-4-2/h5,7,11,13,17,19,21-22,24-25,28,30,34,36,39,41,46-47,51H,3-4,6,8-10,12,14-16,18,20,23,26-27,29,31-33,35,37-38,40,42-45,49H2,1-2H3,(H,50,52)(H,53,54)/b7-5-,13-11-,19-17-,22-21-,25-24-,30-28-,36-34-,41-39+. The normalized spacial score (nSPS) is 15.0. The fourth-order valence-corrected chi connectivity index (χ4v) is 6.58. The van der Waals surface area contributed by atoms with Gasteiger partial charge in [-0.05, 0) is 70.6 Å². The molecule has 3 atom stereocenters. The highest BCUT2D eigenvalue weighted by atomic mass is 31.2. The van der Waals surface area contributed by atoms with E-state index in [2.05, 4.69) is 104 Å². The predicted molar refractivity (Wildman–Crippen MR) is 244 cm³/mol. The number of nitrogens with one attached hydrogen (secondary N) is 1. The van der Waals surface area contributed by atoms with E-state index in [1.54, 1.807) is 6.08 Å². The molecule has 57 heavy (non-hydrogen) atoms. The summed E-state index contributed by atoms with van der Waals surface area (Å²) in [6.07, 6.45) is 58.9. The van der Waals surface area contributed by atoms with Crippen LogP contribution in [0, 0.1) is 0 Å². The molecule has 3 unspecified atom stereocenters. The number of allylic oxidation sites excluding steroid dienone is 15. The number of amides is 1. The number of phosphoric ester groups is 1. The molecule has 0 aromatic heterocycles. The third-order valence-electron chi connectivity index (χ3n) is 9.17. The van der Waals surface area contributed by atoms with Gasteiger partial charge in [0.05, 0.1) is 25.4 Å². The lowest BCUT2D eigenvalue weighted by Crippen LogP contribution is -2.45. The van der Waals surface area contributed by atoms with E-state index < -0.39 is 20.0 Å². The first-order valence-electron chi connectivity index (χ1n) is 22.4. The van der Waals surface area contributed by atoms with E-state index >= 15 is 0 Å². The smallest absolute Gasteiger partial charge is 0.387 e. The summed E-state index contributed by atoms with van der Waals surface area (Å²) in [4.78, 5) is 22.7. The number of phosphoric acid groups is 1. The lowest BCUT2D eigenvalue weighted by Gasteiger charge is -2.23. The highest BCUT2D eigenvalue weighted by Crippen LogP contribution is 2.43. The predicted octanol–water partition coefficient (Wildman–Crippen LogP) is 12.8. The van der Waals surface area contributed by atoms with Gasteiger partial charge in [-0.25, -0.2) is 4.57 Å². The van der Waals surface area contributed by atoms with Gasteiger partial charge in [-0.3, -0.25) is 13.8 Å². The van der Waals surface area contributed by atoms with Gasteiger partial charge in [-0.1, -0.05) is 188 Å². The van der Waals surface area contributed by atoms with Crippen LogP contribution in [0.4, 0.5) is 0 Å². The van der Waals surface area contributed by atoms with Gasteiger partial charge < -0.3 is 21.1 Å². The Morgan fingerprint density at radius 2 is 1.02 bits per heavy atom. The van der Waals surface area contributed by atoms with Crippen LogP contribution in [0.5, 0.6) is 0 Å². The average Bonchev–Trinajstić information content (AvgIpc) is 3.20. The van der Waals surface area contributed by atoms with Crippen LogP contribution in [0.25, 0.3) is 0 Å². The first-order valence-corrected chi connectivity index (χ1v) is 23.9. The summed E-state index contributed by atoms with van der Waals surface area (Å²) in [7, 11) is -4.36. The Hall–Kier alpha value is -2.58. The van der Waals surface area contributed by atoms with Crippen molar-refractivity contribution in [1.29, 1.82) is 0 Å². The minimum absolute atomic E-state index is 0.0640. The minimum Gasteiger partial charge on any atom is -0.387 e. The molecule has 9 heteroatoms. The van der Waals surface area contributed by atoms with Crippen molar-refractivity contribution >= 4 is 13.7 Å². The van der Waals surface area contributed by atoms with E-state index in [1.807, 2.05) is 6.08 Å². The lowest BCUT2D eigenvalue weighted by atomic mass is 10.0. The van der Waals surface area contributed by atoms with E-state index in [0.717, 1.165) is 70.6 Å². The van der Waals surface area contributed by atoms with E-state index in [4.69, 9.17) is 14.8 Å². The Bertz CT molecular complexity index is 1210. The molecule has 0 aromatic rings. The number of rotatable bonds is 40. The molecule has 0 radical (unpaired) electrons. The van der Waals surface area contributed by atoms with Gasteiger partial charge in [0.25, 0.3) is 0 Å². The quantitative estimate of drug-likeness (QED) is 0.0275. The Morgan fingerprint density at radius 1 is 0.596 bits per heavy atom. The second kappa shape index (κ2) is 43.0. The number of hydrogen-bond donors (Lipinski definition) is 4. The molecule has 326 valence electrons. The first-order chi connectivity index (χ1) is 27.9. The van der Waals surface area contributed by atoms with Crippen LogP contribution in [0.3, 0.4) is 0 Å². The van der Waals surface area contributed by atoms with Crippen molar-refractivity contribution in [3.63, 3.8) is 0 Å². The van der Waals surface area contributed by atoms with E-state index in [9.17, 15) is 19.4 Å². The summed E-state index contributed by atoms with van der Waals surface area (Å²) in [5.41, 5.74) is 5.37. The van der Waals surface area contributed by atoms with E-state index in [-0.39, 0.29) is 32.1 Å². The largest absolute Gasteiger partial charge is 0.472 e. The van der Waals surface area contributed by atoms with Crippen LogP contribution in [-0.4, -0.2) is 47.8 Å². The molecular formula is C48H83N2O6P. The van der Waals surface area contributed by atoms with Crippen LogP contribution < -0.4 is 11.1 Å². The maximum Gasteiger partial charge on any atom is 0.472 e. The molecule has 0 spiro atoms. The second-order valence-electron chi connectivity index (χ2n) is 14.5. The molecule has 0 aliphatic heterocycles.